The van der Waals surface area contributed by atoms with Crippen molar-refractivity contribution < 1.29 is 13.9 Å². The Morgan fingerprint density at radius 2 is 2.12 bits per heavy atom. The number of carbonyl (C=O) groups is 1. The molecule has 1 atom stereocenters. The molecule has 2 aliphatic rings. The molecule has 0 saturated heterocycles. The molecule has 1 fully saturated rings. The lowest BCUT2D eigenvalue weighted by molar-refractivity contribution is 0.0725. The number of benzene rings is 2. The lowest BCUT2D eigenvalue weighted by Crippen LogP contribution is -2.45. The second-order valence-corrected chi connectivity index (χ2v) is 11.2. The number of carbonyl (C=O) groups excluding carboxylic acids is 1. The van der Waals surface area contributed by atoms with Crippen molar-refractivity contribution in [2.24, 2.45) is 18.7 Å². The third-order valence-electron chi connectivity index (χ3n) is 8.26. The van der Waals surface area contributed by atoms with E-state index in [1.807, 2.05) is 25.2 Å². The molecule has 1 amide bonds. The summed E-state index contributed by atoms with van der Waals surface area (Å²) in [5.41, 5.74) is 12.1. The van der Waals surface area contributed by atoms with Gasteiger partial charge in [0, 0.05) is 44.1 Å². The Bertz CT molecular complexity index is 1740. The molecule has 0 radical (unpaired) electrons. The number of hydrogen-bond donors (Lipinski definition) is 2. The van der Waals surface area contributed by atoms with Gasteiger partial charge in [0.05, 0.1) is 46.8 Å². The second-order valence-electron chi connectivity index (χ2n) is 11.2. The third kappa shape index (κ3) is 4.73. The van der Waals surface area contributed by atoms with Gasteiger partial charge in [-0.15, -0.1) is 0 Å². The Hall–Kier alpha value is -4.25. The number of fused-ring (bicyclic) bond motifs is 3. The van der Waals surface area contributed by atoms with Crippen LogP contribution in [-0.4, -0.2) is 72.7 Å². The molecular weight excluding hydrogens is 523 g/mol. The number of nitrogens with two attached hydrogens (primary N) is 1. The summed E-state index contributed by atoms with van der Waals surface area (Å²) in [5, 5.41) is 11.7. The molecular formula is C30H33FN8O2. The van der Waals surface area contributed by atoms with Crippen LogP contribution in [0.3, 0.4) is 0 Å². The molecule has 2 aromatic carbocycles. The van der Waals surface area contributed by atoms with E-state index < -0.39 is 12.7 Å². The smallest absolute Gasteiger partial charge is 0.254 e. The predicted molar refractivity (Wildman–Crippen MR) is 154 cm³/mol. The van der Waals surface area contributed by atoms with Crippen LogP contribution in [-0.2, 0) is 26.4 Å². The molecule has 41 heavy (non-hydrogen) atoms. The molecule has 1 aliphatic heterocycles. The first kappa shape index (κ1) is 25.7. The Kier molecular flexibility index (Phi) is 6.45. The van der Waals surface area contributed by atoms with Crippen molar-refractivity contribution >= 4 is 27.8 Å². The molecule has 0 bridgehead atoms. The van der Waals surface area contributed by atoms with Crippen molar-refractivity contribution in [3.05, 3.63) is 59.4 Å². The van der Waals surface area contributed by atoms with Crippen LogP contribution in [0.5, 0.6) is 5.75 Å². The number of aryl methyl sites for hydroxylation is 1. The molecule has 1 aliphatic carbocycles. The Labute approximate surface area is 236 Å². The van der Waals surface area contributed by atoms with Gasteiger partial charge >= 0.3 is 0 Å². The van der Waals surface area contributed by atoms with Crippen LogP contribution in [0.2, 0.25) is 0 Å². The molecule has 11 heteroatoms. The minimum atomic E-state index is -0.671. The highest BCUT2D eigenvalue weighted by atomic mass is 19.1. The predicted octanol–water partition coefficient (Wildman–Crippen LogP) is 3.64. The summed E-state index contributed by atoms with van der Waals surface area (Å²) in [6.07, 6.45) is 5.51. The monoisotopic (exact) mass is 556 g/mol. The van der Waals surface area contributed by atoms with Crippen molar-refractivity contribution in [1.29, 1.82) is 0 Å². The number of nitrogens with zero attached hydrogens (tertiary/aromatic N) is 6. The number of H-pyrrole nitrogens is 1. The van der Waals surface area contributed by atoms with Crippen LogP contribution < -0.4 is 10.5 Å². The van der Waals surface area contributed by atoms with Crippen molar-refractivity contribution in [1.82, 2.24) is 34.4 Å². The maximum atomic E-state index is 13.3. The lowest BCUT2D eigenvalue weighted by Gasteiger charge is -2.30. The average Bonchev–Trinajstić information content (AvgIpc) is 3.35. The first-order valence-electron chi connectivity index (χ1n) is 14.2. The summed E-state index contributed by atoms with van der Waals surface area (Å²) in [4.78, 5) is 20.0. The number of rotatable bonds is 10. The van der Waals surface area contributed by atoms with Gasteiger partial charge in [0.15, 0.2) is 5.82 Å². The van der Waals surface area contributed by atoms with E-state index in [4.69, 9.17) is 15.5 Å². The van der Waals surface area contributed by atoms with Crippen LogP contribution in [0.25, 0.3) is 33.5 Å². The fourth-order valence-corrected chi connectivity index (χ4v) is 5.90. The molecule has 0 unspecified atom stereocenters. The van der Waals surface area contributed by atoms with Crippen LogP contribution >= 0.6 is 0 Å². The number of alkyl halides is 1. The molecule has 0 spiro atoms. The van der Waals surface area contributed by atoms with Gasteiger partial charge in [-0.05, 0) is 55.0 Å². The van der Waals surface area contributed by atoms with E-state index in [1.165, 1.54) is 12.8 Å². The number of nitrogens with one attached hydrogen (secondary N) is 1. The highest BCUT2D eigenvalue weighted by Gasteiger charge is 2.29. The lowest BCUT2D eigenvalue weighted by atomic mass is 9.97. The highest BCUT2D eigenvalue weighted by Crippen LogP contribution is 2.39. The summed E-state index contributed by atoms with van der Waals surface area (Å²) in [7, 11) is 2.03. The topological polar surface area (TPSA) is 120 Å². The summed E-state index contributed by atoms with van der Waals surface area (Å²) < 4.78 is 23.8. The quantitative estimate of drug-likeness (QED) is 0.271. The number of aromatic nitrogens is 6. The van der Waals surface area contributed by atoms with E-state index in [9.17, 15) is 9.18 Å². The highest BCUT2D eigenvalue weighted by molar-refractivity contribution is 6.01. The number of ether oxygens (including phenoxy) is 1. The SMILES string of the molecule is Cn1c(-c2cc3cccc(OCCc4cn[nH]n4)c3n2CC2CC2)nc2cc3c(cc21)CCN(C[C@H](N)CF)C3=O. The van der Waals surface area contributed by atoms with E-state index >= 15 is 0 Å². The van der Waals surface area contributed by atoms with Gasteiger partial charge in [0.2, 0.25) is 0 Å². The number of halogens is 1. The van der Waals surface area contributed by atoms with Gasteiger partial charge in [0.1, 0.15) is 12.4 Å². The fourth-order valence-electron chi connectivity index (χ4n) is 5.90. The Morgan fingerprint density at radius 1 is 1.24 bits per heavy atom. The first-order valence-corrected chi connectivity index (χ1v) is 14.2. The van der Waals surface area contributed by atoms with Crippen LogP contribution in [0.4, 0.5) is 4.39 Å². The standard InChI is InChI=1S/C30H33FN8O2/c1-37-25-11-19-7-9-38(17-21(32)14-31)30(40)23(19)13-24(25)34-29(37)26-12-20-3-2-4-27(28(20)39(26)16-18-5-6-18)41-10-8-22-15-33-36-35-22/h2-4,11-13,15,18,21H,5-10,14,16-17,32H2,1H3,(H,33,35,36)/t21-/m1/s1. The number of imidazole rings is 1. The molecule has 4 heterocycles. The largest absolute Gasteiger partial charge is 0.491 e. The van der Waals surface area contributed by atoms with Crippen LogP contribution in [0.1, 0.15) is 34.5 Å². The van der Waals surface area contributed by atoms with Gasteiger partial charge in [-0.25, -0.2) is 9.37 Å². The molecule has 3 N–H and O–H groups in total. The maximum Gasteiger partial charge on any atom is 0.254 e. The van der Waals surface area contributed by atoms with Gasteiger partial charge in [-0.2, -0.15) is 15.4 Å². The van der Waals surface area contributed by atoms with Gasteiger partial charge in [-0.1, -0.05) is 12.1 Å². The van der Waals surface area contributed by atoms with Gasteiger partial charge < -0.3 is 24.5 Å². The van der Waals surface area contributed by atoms with Gasteiger partial charge in [0.25, 0.3) is 5.91 Å². The normalized spacial score (nSPS) is 16.1. The zero-order valence-corrected chi connectivity index (χ0v) is 23.0. The van der Waals surface area contributed by atoms with E-state index in [0.717, 1.165) is 57.0 Å². The van der Waals surface area contributed by atoms with Gasteiger partial charge in [-0.3, -0.25) is 4.79 Å². The first-order chi connectivity index (χ1) is 20.0. The third-order valence-corrected chi connectivity index (χ3v) is 8.26. The van der Waals surface area contributed by atoms with Crippen molar-refractivity contribution in [3.8, 4) is 17.3 Å². The molecule has 5 aromatic rings. The average molecular weight is 557 g/mol. The zero-order valence-electron chi connectivity index (χ0n) is 23.0. The maximum absolute atomic E-state index is 13.3. The van der Waals surface area contributed by atoms with E-state index in [2.05, 4.69) is 42.7 Å². The summed E-state index contributed by atoms with van der Waals surface area (Å²) in [5.74, 6) is 2.20. The summed E-state index contributed by atoms with van der Waals surface area (Å²) in [6.45, 7) is 1.48. The molecule has 212 valence electrons. The number of hydrogen-bond acceptors (Lipinski definition) is 6. The zero-order chi connectivity index (χ0) is 28.1. The van der Waals surface area contributed by atoms with Crippen molar-refractivity contribution in [2.75, 3.05) is 26.4 Å². The molecule has 7 rings (SSSR count). The second kappa shape index (κ2) is 10.3. The van der Waals surface area contributed by atoms with Crippen LogP contribution in [0.15, 0.2) is 42.6 Å². The Morgan fingerprint density at radius 3 is 2.90 bits per heavy atom. The molecule has 3 aromatic heterocycles. The van der Waals surface area contributed by atoms with E-state index in [1.54, 1.807) is 11.1 Å². The van der Waals surface area contributed by atoms with Crippen molar-refractivity contribution in [3.63, 3.8) is 0 Å². The minimum Gasteiger partial charge on any atom is -0.491 e. The number of aromatic amines is 1. The molecule has 1 saturated carbocycles. The van der Waals surface area contributed by atoms with Crippen LogP contribution in [0, 0.1) is 5.92 Å². The number of para-hydroxylation sites is 1. The van der Waals surface area contributed by atoms with Crippen molar-refractivity contribution in [2.45, 2.75) is 38.3 Å². The summed E-state index contributed by atoms with van der Waals surface area (Å²) in [6, 6.07) is 11.6. The van der Waals surface area contributed by atoms with E-state index in [-0.39, 0.29) is 12.5 Å². The fraction of sp³-hybridized carbons (Fsp3) is 0.400. The molecule has 10 nitrogen and oxygen atoms in total. The number of amides is 1. The van der Waals surface area contributed by atoms with E-state index in [0.29, 0.717) is 37.5 Å². The minimum absolute atomic E-state index is 0.112. The Balaban J connectivity index is 1.27. The summed E-state index contributed by atoms with van der Waals surface area (Å²) >= 11 is 0.